The number of carbonyl (C=O) groups excluding carboxylic acids is 1. The molecule has 0 aromatic carbocycles. The molecule has 0 aromatic heterocycles. The molecule has 0 aliphatic rings. The normalized spacial score (nSPS) is 13.3. The summed E-state index contributed by atoms with van der Waals surface area (Å²) in [5, 5.41) is 8.74. The van der Waals surface area contributed by atoms with Crippen LogP contribution in [0.25, 0.3) is 0 Å². The van der Waals surface area contributed by atoms with Gasteiger partial charge in [-0.2, -0.15) is 25.3 Å². The van der Waals surface area contributed by atoms with Crippen molar-refractivity contribution in [1.29, 1.82) is 0 Å². The van der Waals surface area contributed by atoms with E-state index in [2.05, 4.69) is 25.3 Å². The summed E-state index contributed by atoms with van der Waals surface area (Å²) < 4.78 is -0.392. The zero-order chi connectivity index (χ0) is 12.9. The summed E-state index contributed by atoms with van der Waals surface area (Å²) in [4.78, 5) is 23.5. The van der Waals surface area contributed by atoms with Crippen LogP contribution < -0.4 is 0 Å². The predicted molar refractivity (Wildman–Crippen MR) is 70.1 cm³/mol. The second-order valence-corrected chi connectivity index (χ2v) is 6.42. The summed E-state index contributed by atoms with van der Waals surface area (Å²) in [6, 6.07) is -0.786. The molecule has 0 unspecified atom stereocenters. The van der Waals surface area contributed by atoms with Gasteiger partial charge in [-0.1, -0.05) is 0 Å². The van der Waals surface area contributed by atoms with Crippen molar-refractivity contribution in [2.24, 2.45) is 0 Å². The van der Waals surface area contributed by atoms with Crippen molar-refractivity contribution in [2.75, 3.05) is 7.05 Å². The number of hydrogen-bond donors (Lipinski definition) is 3. The number of rotatable bonds is 6. The van der Waals surface area contributed by atoms with E-state index in [-0.39, 0.29) is 5.91 Å². The SMILES string of the molecule is C[C@@H](C(=O)O)N(C)C(=O)CCCC(C)(S)S. The molecule has 0 heterocycles. The highest BCUT2D eigenvalue weighted by molar-refractivity contribution is 8.00. The van der Waals surface area contributed by atoms with E-state index in [1.165, 1.54) is 18.9 Å². The Labute approximate surface area is 107 Å². The quantitative estimate of drug-likeness (QED) is 0.506. The second kappa shape index (κ2) is 6.39. The standard InChI is InChI=1S/C10H19NO3S2/c1-7(9(13)14)11(3)8(12)5-4-6-10(2,15)16/h7,15-16H,4-6H2,1-3H3,(H,13,14)/t7-/m0/s1. The van der Waals surface area contributed by atoms with Crippen molar-refractivity contribution in [3.05, 3.63) is 0 Å². The topological polar surface area (TPSA) is 57.6 Å². The van der Waals surface area contributed by atoms with Gasteiger partial charge in [0, 0.05) is 13.5 Å². The Balaban J connectivity index is 4.03. The molecule has 0 rings (SSSR count). The number of carbonyl (C=O) groups is 2. The van der Waals surface area contributed by atoms with Gasteiger partial charge in [-0.3, -0.25) is 4.79 Å². The Kier molecular flexibility index (Phi) is 6.25. The number of aliphatic carboxylic acids is 1. The maximum atomic E-state index is 11.6. The van der Waals surface area contributed by atoms with E-state index in [1.54, 1.807) is 0 Å². The molecule has 0 saturated heterocycles. The van der Waals surface area contributed by atoms with Crippen LogP contribution in [0, 0.1) is 0 Å². The van der Waals surface area contributed by atoms with Gasteiger partial charge in [-0.15, -0.1) is 0 Å². The van der Waals surface area contributed by atoms with Crippen molar-refractivity contribution in [1.82, 2.24) is 4.90 Å². The van der Waals surface area contributed by atoms with Crippen LogP contribution in [0.15, 0.2) is 0 Å². The minimum Gasteiger partial charge on any atom is -0.480 e. The Morgan fingerprint density at radius 3 is 2.31 bits per heavy atom. The van der Waals surface area contributed by atoms with Crippen molar-refractivity contribution < 1.29 is 14.7 Å². The van der Waals surface area contributed by atoms with Crippen molar-refractivity contribution in [2.45, 2.75) is 43.2 Å². The molecule has 1 atom stereocenters. The Bertz CT molecular complexity index is 263. The van der Waals surface area contributed by atoms with E-state index in [0.29, 0.717) is 19.3 Å². The van der Waals surface area contributed by atoms with Crippen LogP contribution in [0.5, 0.6) is 0 Å². The van der Waals surface area contributed by atoms with Crippen molar-refractivity contribution >= 4 is 37.1 Å². The third-order valence-electron chi connectivity index (χ3n) is 2.37. The number of thiol groups is 2. The fourth-order valence-corrected chi connectivity index (χ4v) is 1.45. The van der Waals surface area contributed by atoms with Crippen LogP contribution in [-0.2, 0) is 9.59 Å². The molecule has 0 radical (unpaired) electrons. The first kappa shape index (κ1) is 15.6. The number of carboxylic acid groups (broad SMARTS) is 1. The minimum absolute atomic E-state index is 0.166. The zero-order valence-electron chi connectivity index (χ0n) is 9.80. The molecule has 0 spiro atoms. The minimum atomic E-state index is -0.996. The van der Waals surface area contributed by atoms with Gasteiger partial charge < -0.3 is 10.0 Å². The van der Waals surface area contributed by atoms with E-state index in [1.807, 2.05) is 6.92 Å². The van der Waals surface area contributed by atoms with Gasteiger partial charge in [0.05, 0.1) is 4.08 Å². The summed E-state index contributed by atoms with van der Waals surface area (Å²) in [6.45, 7) is 3.34. The smallest absolute Gasteiger partial charge is 0.326 e. The van der Waals surface area contributed by atoms with Gasteiger partial charge in [-0.05, 0) is 26.7 Å². The molecule has 6 heteroatoms. The lowest BCUT2D eigenvalue weighted by Gasteiger charge is -2.22. The largest absolute Gasteiger partial charge is 0.480 e. The summed E-state index contributed by atoms with van der Waals surface area (Å²) >= 11 is 8.45. The number of carboxylic acids is 1. The Hall–Kier alpha value is -0.360. The number of hydrogen-bond acceptors (Lipinski definition) is 4. The molecule has 4 nitrogen and oxygen atoms in total. The predicted octanol–water partition coefficient (Wildman–Crippen LogP) is 1.66. The Morgan fingerprint density at radius 2 is 1.94 bits per heavy atom. The highest BCUT2D eigenvalue weighted by Crippen LogP contribution is 2.25. The summed E-state index contributed by atoms with van der Waals surface area (Å²) in [5.41, 5.74) is 0. The van der Waals surface area contributed by atoms with Crippen LogP contribution in [0.2, 0.25) is 0 Å². The summed E-state index contributed by atoms with van der Waals surface area (Å²) in [6.07, 6.45) is 1.67. The van der Waals surface area contributed by atoms with E-state index >= 15 is 0 Å². The molecule has 0 aromatic rings. The monoisotopic (exact) mass is 265 g/mol. The highest BCUT2D eigenvalue weighted by atomic mass is 32.2. The zero-order valence-corrected chi connectivity index (χ0v) is 11.6. The Morgan fingerprint density at radius 1 is 1.44 bits per heavy atom. The van der Waals surface area contributed by atoms with Gasteiger partial charge >= 0.3 is 5.97 Å². The third kappa shape index (κ3) is 6.27. The molecule has 1 N–H and O–H groups in total. The number of likely N-dealkylation sites (N-methyl/N-ethyl adjacent to an activating group) is 1. The van der Waals surface area contributed by atoms with Crippen molar-refractivity contribution in [3.63, 3.8) is 0 Å². The first-order valence-electron chi connectivity index (χ1n) is 5.08. The molecule has 16 heavy (non-hydrogen) atoms. The van der Waals surface area contributed by atoms with Crippen LogP contribution in [0.3, 0.4) is 0 Å². The van der Waals surface area contributed by atoms with Gasteiger partial charge in [0.25, 0.3) is 0 Å². The van der Waals surface area contributed by atoms with E-state index in [0.717, 1.165) is 0 Å². The van der Waals surface area contributed by atoms with Crippen molar-refractivity contribution in [3.8, 4) is 0 Å². The molecule has 0 saturated carbocycles. The van der Waals surface area contributed by atoms with Gasteiger partial charge in [0.2, 0.25) is 5.91 Å². The maximum Gasteiger partial charge on any atom is 0.326 e. The van der Waals surface area contributed by atoms with E-state index < -0.39 is 16.1 Å². The van der Waals surface area contributed by atoms with Crippen LogP contribution >= 0.6 is 25.3 Å². The summed E-state index contributed by atoms with van der Waals surface area (Å²) in [5.74, 6) is -1.16. The highest BCUT2D eigenvalue weighted by Gasteiger charge is 2.21. The van der Waals surface area contributed by atoms with Gasteiger partial charge in [0.1, 0.15) is 6.04 Å². The molecular weight excluding hydrogens is 246 g/mol. The fourth-order valence-electron chi connectivity index (χ4n) is 1.13. The molecule has 0 aliphatic heterocycles. The van der Waals surface area contributed by atoms with Gasteiger partial charge in [-0.25, -0.2) is 4.79 Å². The molecule has 0 bridgehead atoms. The van der Waals surface area contributed by atoms with E-state index in [4.69, 9.17) is 5.11 Å². The first-order chi connectivity index (χ1) is 7.15. The average molecular weight is 265 g/mol. The number of amides is 1. The molecule has 0 fully saturated rings. The molecular formula is C10H19NO3S2. The molecule has 94 valence electrons. The average Bonchev–Trinajstić information content (AvgIpc) is 2.13. The third-order valence-corrected chi connectivity index (χ3v) is 2.82. The van der Waals surface area contributed by atoms with Crippen LogP contribution in [-0.4, -0.2) is 39.1 Å². The lowest BCUT2D eigenvalue weighted by molar-refractivity contribution is -0.148. The van der Waals surface area contributed by atoms with Crippen LogP contribution in [0.1, 0.15) is 33.1 Å². The fraction of sp³-hybridized carbons (Fsp3) is 0.800. The molecule has 1 amide bonds. The van der Waals surface area contributed by atoms with Gasteiger partial charge in [0.15, 0.2) is 0 Å². The number of nitrogens with zero attached hydrogens (tertiary/aromatic N) is 1. The maximum absolute atomic E-state index is 11.6. The second-order valence-electron chi connectivity index (χ2n) is 4.09. The molecule has 0 aliphatic carbocycles. The lowest BCUT2D eigenvalue weighted by atomic mass is 10.1. The summed E-state index contributed by atoms with van der Waals surface area (Å²) in [7, 11) is 1.50. The lowest BCUT2D eigenvalue weighted by Crippen LogP contribution is -2.40. The van der Waals surface area contributed by atoms with Crippen LogP contribution in [0.4, 0.5) is 0 Å². The first-order valence-corrected chi connectivity index (χ1v) is 5.98. The van der Waals surface area contributed by atoms with E-state index in [9.17, 15) is 9.59 Å².